The fourth-order valence-corrected chi connectivity index (χ4v) is 2.46. The molecule has 0 saturated carbocycles. The molecule has 0 aliphatic carbocycles. The van der Waals surface area contributed by atoms with Crippen LogP contribution in [-0.4, -0.2) is 12.2 Å². The first-order chi connectivity index (χ1) is 11.1. The molecule has 1 N–H and O–H groups in total. The van der Waals surface area contributed by atoms with E-state index in [0.717, 1.165) is 27.6 Å². The minimum Gasteiger partial charge on any atom is -0.497 e. The molecule has 0 aliphatic heterocycles. The molecule has 114 valence electrons. The number of hydrogen-bond donors (Lipinski definition) is 1. The minimum absolute atomic E-state index is 0.790. The van der Waals surface area contributed by atoms with E-state index >= 15 is 0 Å². The summed E-state index contributed by atoms with van der Waals surface area (Å²) in [5.74, 6) is 6.87. The van der Waals surface area contributed by atoms with Crippen LogP contribution in [0.1, 0.15) is 18.1 Å². The maximum atomic E-state index is 10.5. The van der Waals surface area contributed by atoms with Crippen LogP contribution in [0.3, 0.4) is 0 Å². The zero-order chi connectivity index (χ0) is 16.3. The Hall–Kier alpha value is -2.76. The highest BCUT2D eigenvalue weighted by molar-refractivity contribution is 5.85. The van der Waals surface area contributed by atoms with Crippen molar-refractivity contribution in [1.29, 1.82) is 0 Å². The summed E-state index contributed by atoms with van der Waals surface area (Å²) in [5.41, 5.74) is 0.493. The van der Waals surface area contributed by atoms with E-state index in [1.54, 1.807) is 14.0 Å². The van der Waals surface area contributed by atoms with E-state index in [4.69, 9.17) is 4.74 Å². The topological polar surface area (TPSA) is 29.5 Å². The van der Waals surface area contributed by atoms with Gasteiger partial charge in [-0.3, -0.25) is 0 Å². The van der Waals surface area contributed by atoms with E-state index in [1.807, 2.05) is 66.7 Å². The first-order valence-electron chi connectivity index (χ1n) is 7.47. The van der Waals surface area contributed by atoms with Crippen molar-refractivity contribution in [3.05, 3.63) is 77.9 Å². The number of rotatable bonds is 2. The molecular weight excluding hydrogens is 284 g/mol. The van der Waals surface area contributed by atoms with Gasteiger partial charge in [-0.25, -0.2) is 0 Å². The van der Waals surface area contributed by atoms with Gasteiger partial charge >= 0.3 is 0 Å². The van der Waals surface area contributed by atoms with E-state index < -0.39 is 5.60 Å². The van der Waals surface area contributed by atoms with E-state index in [2.05, 4.69) is 11.8 Å². The largest absolute Gasteiger partial charge is 0.497 e. The second kappa shape index (κ2) is 6.16. The normalized spacial score (nSPS) is 13.0. The molecule has 0 fully saturated rings. The van der Waals surface area contributed by atoms with Crippen LogP contribution in [0.2, 0.25) is 0 Å². The number of methoxy groups -OCH3 is 1. The Morgan fingerprint density at radius 3 is 2.35 bits per heavy atom. The van der Waals surface area contributed by atoms with E-state index in [0.29, 0.717) is 0 Å². The molecule has 0 aromatic heterocycles. The Balaban J connectivity index is 1.93. The number of hydrogen-bond acceptors (Lipinski definition) is 2. The van der Waals surface area contributed by atoms with Gasteiger partial charge in [-0.05, 0) is 47.5 Å². The molecular formula is C21H18O2. The SMILES string of the molecule is COc1ccc2cc(C#CC(C)(O)c3ccccc3)ccc2c1. The van der Waals surface area contributed by atoms with Gasteiger partial charge in [-0.2, -0.15) is 0 Å². The van der Waals surface area contributed by atoms with Crippen LogP contribution in [0.4, 0.5) is 0 Å². The summed E-state index contributed by atoms with van der Waals surface area (Å²) in [6.45, 7) is 1.71. The second-order valence-corrected chi connectivity index (χ2v) is 5.62. The lowest BCUT2D eigenvalue weighted by molar-refractivity contribution is 0.122. The predicted octanol–water partition coefficient (Wildman–Crippen LogP) is 4.11. The van der Waals surface area contributed by atoms with Crippen molar-refractivity contribution in [1.82, 2.24) is 0 Å². The molecule has 1 atom stereocenters. The molecule has 0 spiro atoms. The monoisotopic (exact) mass is 302 g/mol. The van der Waals surface area contributed by atoms with Crippen molar-refractivity contribution in [2.75, 3.05) is 7.11 Å². The van der Waals surface area contributed by atoms with Gasteiger partial charge in [0.15, 0.2) is 0 Å². The molecule has 0 bridgehead atoms. The van der Waals surface area contributed by atoms with Crippen LogP contribution in [0, 0.1) is 11.8 Å². The summed E-state index contributed by atoms with van der Waals surface area (Å²) in [4.78, 5) is 0. The molecule has 3 aromatic rings. The van der Waals surface area contributed by atoms with Crippen molar-refractivity contribution >= 4 is 10.8 Å². The molecule has 0 aliphatic rings. The maximum Gasteiger partial charge on any atom is 0.148 e. The number of ether oxygens (including phenoxy) is 1. The first-order valence-corrected chi connectivity index (χ1v) is 7.47. The molecule has 23 heavy (non-hydrogen) atoms. The summed E-state index contributed by atoms with van der Waals surface area (Å²) in [6.07, 6.45) is 0. The van der Waals surface area contributed by atoms with Gasteiger partial charge in [0.05, 0.1) is 7.11 Å². The molecule has 2 nitrogen and oxygen atoms in total. The van der Waals surface area contributed by atoms with Crippen LogP contribution in [0.5, 0.6) is 5.75 Å². The summed E-state index contributed by atoms with van der Waals surface area (Å²) in [6, 6.07) is 21.4. The zero-order valence-corrected chi connectivity index (χ0v) is 13.2. The fourth-order valence-electron chi connectivity index (χ4n) is 2.46. The van der Waals surface area contributed by atoms with E-state index in [1.165, 1.54) is 0 Å². The van der Waals surface area contributed by atoms with Gasteiger partial charge < -0.3 is 9.84 Å². The summed E-state index contributed by atoms with van der Waals surface area (Å²) >= 11 is 0. The lowest BCUT2D eigenvalue weighted by Crippen LogP contribution is -2.18. The Labute approximate surface area is 136 Å². The average Bonchev–Trinajstić information content (AvgIpc) is 2.60. The highest BCUT2D eigenvalue weighted by Crippen LogP contribution is 2.22. The van der Waals surface area contributed by atoms with Gasteiger partial charge in [-0.15, -0.1) is 0 Å². The minimum atomic E-state index is -1.17. The third kappa shape index (κ3) is 3.36. The summed E-state index contributed by atoms with van der Waals surface area (Å²) in [7, 11) is 1.66. The lowest BCUT2D eigenvalue weighted by atomic mass is 9.96. The molecule has 0 saturated heterocycles. The Kier molecular flexibility index (Phi) is 4.06. The third-order valence-corrected chi connectivity index (χ3v) is 3.83. The van der Waals surface area contributed by atoms with Crippen molar-refractivity contribution in [3.8, 4) is 17.6 Å². The summed E-state index contributed by atoms with van der Waals surface area (Å²) < 4.78 is 5.23. The quantitative estimate of drug-likeness (QED) is 0.722. The van der Waals surface area contributed by atoms with Gasteiger partial charge in [-0.1, -0.05) is 54.3 Å². The number of benzene rings is 3. The van der Waals surface area contributed by atoms with Gasteiger partial charge in [0.2, 0.25) is 0 Å². The Morgan fingerprint density at radius 1 is 0.913 bits per heavy atom. The van der Waals surface area contributed by atoms with Crippen LogP contribution in [0.25, 0.3) is 10.8 Å². The maximum absolute atomic E-state index is 10.5. The van der Waals surface area contributed by atoms with Crippen LogP contribution < -0.4 is 4.74 Å². The molecule has 3 aromatic carbocycles. The van der Waals surface area contributed by atoms with Crippen molar-refractivity contribution in [2.45, 2.75) is 12.5 Å². The van der Waals surface area contributed by atoms with Crippen LogP contribution >= 0.6 is 0 Å². The smallest absolute Gasteiger partial charge is 0.148 e. The highest BCUT2D eigenvalue weighted by Gasteiger charge is 2.19. The number of fused-ring (bicyclic) bond motifs is 1. The molecule has 3 rings (SSSR count). The molecule has 2 heteroatoms. The Morgan fingerprint density at radius 2 is 1.61 bits per heavy atom. The standard InChI is InChI=1S/C21H18O2/c1-21(22,19-6-4-3-5-7-19)13-12-16-8-9-18-15-20(23-2)11-10-17(18)14-16/h3-11,14-15,22H,1-2H3. The fraction of sp³-hybridized carbons (Fsp3) is 0.143. The van der Waals surface area contributed by atoms with Gasteiger partial charge in [0, 0.05) is 5.56 Å². The van der Waals surface area contributed by atoms with E-state index in [9.17, 15) is 5.11 Å². The predicted molar refractivity (Wildman–Crippen MR) is 93.4 cm³/mol. The van der Waals surface area contributed by atoms with Gasteiger partial charge in [0.25, 0.3) is 0 Å². The number of aliphatic hydroxyl groups is 1. The Bertz CT molecular complexity index is 884. The lowest BCUT2D eigenvalue weighted by Gasteiger charge is -2.16. The van der Waals surface area contributed by atoms with Crippen LogP contribution in [-0.2, 0) is 5.60 Å². The van der Waals surface area contributed by atoms with E-state index in [-0.39, 0.29) is 0 Å². The highest BCUT2D eigenvalue weighted by atomic mass is 16.5. The average molecular weight is 302 g/mol. The van der Waals surface area contributed by atoms with Gasteiger partial charge in [0.1, 0.15) is 11.4 Å². The van der Waals surface area contributed by atoms with Crippen molar-refractivity contribution in [3.63, 3.8) is 0 Å². The molecule has 0 heterocycles. The summed E-state index contributed by atoms with van der Waals surface area (Å²) in [5, 5.41) is 12.7. The third-order valence-electron chi connectivity index (χ3n) is 3.83. The van der Waals surface area contributed by atoms with Crippen LogP contribution in [0.15, 0.2) is 66.7 Å². The second-order valence-electron chi connectivity index (χ2n) is 5.62. The first kappa shape index (κ1) is 15.1. The van der Waals surface area contributed by atoms with Crippen molar-refractivity contribution in [2.24, 2.45) is 0 Å². The van der Waals surface area contributed by atoms with Crippen molar-refractivity contribution < 1.29 is 9.84 Å². The zero-order valence-electron chi connectivity index (χ0n) is 13.2. The molecule has 0 radical (unpaired) electrons. The molecule has 0 amide bonds. The molecule has 1 unspecified atom stereocenters.